The molecule has 0 atom stereocenters. The van der Waals surface area contributed by atoms with Crippen molar-refractivity contribution in [2.24, 2.45) is 5.73 Å². The monoisotopic (exact) mass is 217 g/mol. The predicted molar refractivity (Wildman–Crippen MR) is 48.7 cm³/mol. The van der Waals surface area contributed by atoms with Gasteiger partial charge in [-0.25, -0.2) is 8.78 Å². The van der Waals surface area contributed by atoms with Gasteiger partial charge in [-0.3, -0.25) is 4.79 Å². The number of carbonyl (C=O) groups excluding carboxylic acids is 1. The average Bonchev–Trinajstić information content (AvgIpc) is 2.16. The first kappa shape index (κ1) is 11.2. The van der Waals surface area contributed by atoms with Crippen molar-refractivity contribution >= 4 is 11.7 Å². The van der Waals surface area contributed by atoms with Crippen LogP contribution in [0, 0.1) is 0 Å². The molecule has 0 spiro atoms. The number of nitrogens with zero attached hydrogens (tertiary/aromatic N) is 1. The van der Waals surface area contributed by atoms with Gasteiger partial charge in [-0.15, -0.1) is 0 Å². The van der Waals surface area contributed by atoms with Gasteiger partial charge in [-0.05, 0) is 6.07 Å². The fraction of sp³-hybridized carbons (Fsp3) is 0.250. The maximum Gasteiger partial charge on any atom is 0.267 e. The predicted octanol–water partition coefficient (Wildman–Crippen LogP) is 0.709. The molecule has 1 aromatic heterocycles. The SMILES string of the molecule is COc1nc(N)c(C(F)F)cc1C(N)=O. The van der Waals surface area contributed by atoms with Crippen molar-refractivity contribution in [3.8, 4) is 5.88 Å². The highest BCUT2D eigenvalue weighted by Gasteiger charge is 2.19. The van der Waals surface area contributed by atoms with E-state index in [1.165, 1.54) is 7.11 Å². The molecule has 82 valence electrons. The molecule has 0 fully saturated rings. The molecular formula is C8H9F2N3O2. The average molecular weight is 217 g/mol. The minimum atomic E-state index is -2.82. The number of amides is 1. The summed E-state index contributed by atoms with van der Waals surface area (Å²) in [5.41, 5.74) is 9.45. The summed E-state index contributed by atoms with van der Waals surface area (Å²) in [4.78, 5) is 14.4. The van der Waals surface area contributed by atoms with Crippen LogP contribution in [0.15, 0.2) is 6.07 Å². The smallest absolute Gasteiger partial charge is 0.267 e. The second-order valence-electron chi connectivity index (χ2n) is 2.68. The third kappa shape index (κ3) is 2.12. The zero-order chi connectivity index (χ0) is 11.6. The van der Waals surface area contributed by atoms with Crippen LogP contribution in [0.4, 0.5) is 14.6 Å². The summed E-state index contributed by atoms with van der Waals surface area (Å²) >= 11 is 0. The quantitative estimate of drug-likeness (QED) is 0.779. The van der Waals surface area contributed by atoms with E-state index >= 15 is 0 Å². The second-order valence-corrected chi connectivity index (χ2v) is 2.68. The highest BCUT2D eigenvalue weighted by molar-refractivity contribution is 5.95. The molecule has 5 nitrogen and oxygen atoms in total. The molecule has 1 heterocycles. The summed E-state index contributed by atoms with van der Waals surface area (Å²) < 4.78 is 29.5. The summed E-state index contributed by atoms with van der Waals surface area (Å²) in [6, 6.07) is 0.883. The van der Waals surface area contributed by atoms with Crippen molar-refractivity contribution in [3.05, 3.63) is 17.2 Å². The fourth-order valence-electron chi connectivity index (χ4n) is 1.03. The Morgan fingerprint density at radius 1 is 1.60 bits per heavy atom. The molecule has 0 saturated heterocycles. The Balaban J connectivity index is 3.37. The maximum absolute atomic E-state index is 12.4. The van der Waals surface area contributed by atoms with Crippen LogP contribution in [-0.2, 0) is 0 Å². The number of primary amides is 1. The first-order chi connectivity index (χ1) is 6.97. The lowest BCUT2D eigenvalue weighted by Crippen LogP contribution is -2.15. The Morgan fingerprint density at radius 3 is 2.60 bits per heavy atom. The van der Waals surface area contributed by atoms with Crippen molar-refractivity contribution in [3.63, 3.8) is 0 Å². The second kappa shape index (κ2) is 4.07. The number of hydrogen-bond acceptors (Lipinski definition) is 4. The summed E-state index contributed by atoms with van der Waals surface area (Å²) in [7, 11) is 1.23. The molecule has 4 N–H and O–H groups in total. The van der Waals surface area contributed by atoms with E-state index < -0.39 is 17.9 Å². The molecule has 0 aliphatic heterocycles. The normalized spacial score (nSPS) is 10.4. The topological polar surface area (TPSA) is 91.2 Å². The number of hydrogen-bond donors (Lipinski definition) is 2. The van der Waals surface area contributed by atoms with E-state index in [9.17, 15) is 13.6 Å². The van der Waals surface area contributed by atoms with Gasteiger partial charge in [-0.2, -0.15) is 4.98 Å². The first-order valence-electron chi connectivity index (χ1n) is 3.89. The minimum absolute atomic E-state index is 0.163. The molecule has 0 bridgehead atoms. The van der Waals surface area contributed by atoms with Crippen LogP contribution in [0.25, 0.3) is 0 Å². The molecular weight excluding hydrogens is 208 g/mol. The van der Waals surface area contributed by atoms with Crippen LogP contribution in [0.2, 0.25) is 0 Å². The maximum atomic E-state index is 12.4. The summed E-state index contributed by atoms with van der Waals surface area (Å²) in [5.74, 6) is -1.45. The molecule has 0 saturated carbocycles. The first-order valence-corrected chi connectivity index (χ1v) is 3.89. The van der Waals surface area contributed by atoms with Crippen molar-refractivity contribution in [1.29, 1.82) is 0 Å². The van der Waals surface area contributed by atoms with Gasteiger partial charge in [0.05, 0.1) is 12.7 Å². The Hall–Kier alpha value is -1.92. The van der Waals surface area contributed by atoms with Gasteiger partial charge in [-0.1, -0.05) is 0 Å². The molecule has 15 heavy (non-hydrogen) atoms. The van der Waals surface area contributed by atoms with Crippen LogP contribution >= 0.6 is 0 Å². The Kier molecular flexibility index (Phi) is 3.03. The Morgan fingerprint density at radius 2 is 2.20 bits per heavy atom. The number of alkyl halides is 2. The lowest BCUT2D eigenvalue weighted by atomic mass is 10.1. The van der Waals surface area contributed by atoms with Gasteiger partial charge < -0.3 is 16.2 Å². The zero-order valence-corrected chi connectivity index (χ0v) is 7.83. The van der Waals surface area contributed by atoms with E-state index in [1.807, 2.05) is 0 Å². The van der Waals surface area contributed by atoms with Crippen LogP contribution in [0.1, 0.15) is 22.3 Å². The summed E-state index contributed by atoms with van der Waals surface area (Å²) in [6.45, 7) is 0. The molecule has 0 aromatic carbocycles. The molecule has 0 radical (unpaired) electrons. The van der Waals surface area contributed by atoms with Crippen molar-refractivity contribution in [1.82, 2.24) is 4.98 Å². The van der Waals surface area contributed by atoms with E-state index in [0.29, 0.717) is 0 Å². The van der Waals surface area contributed by atoms with E-state index in [0.717, 1.165) is 6.07 Å². The van der Waals surface area contributed by atoms with Crippen molar-refractivity contribution in [2.75, 3.05) is 12.8 Å². The largest absolute Gasteiger partial charge is 0.480 e. The number of nitrogen functional groups attached to an aromatic ring is 1. The van der Waals surface area contributed by atoms with E-state index in [2.05, 4.69) is 9.72 Å². The number of rotatable bonds is 3. The number of pyridine rings is 1. The van der Waals surface area contributed by atoms with Crippen LogP contribution in [-0.4, -0.2) is 18.0 Å². The number of halogens is 2. The number of anilines is 1. The van der Waals surface area contributed by atoms with E-state index in [-0.39, 0.29) is 17.3 Å². The number of nitrogens with two attached hydrogens (primary N) is 2. The van der Waals surface area contributed by atoms with Crippen LogP contribution in [0.3, 0.4) is 0 Å². The van der Waals surface area contributed by atoms with Crippen molar-refractivity contribution < 1.29 is 18.3 Å². The zero-order valence-electron chi connectivity index (χ0n) is 7.83. The standard InChI is InChI=1S/C8H9F2N3O2/c1-15-8-4(7(12)14)2-3(5(9)10)6(11)13-8/h2,5H,1H3,(H2,11,13)(H2,12,14). The number of aromatic nitrogens is 1. The van der Waals surface area contributed by atoms with Gasteiger partial charge in [0, 0.05) is 0 Å². The number of methoxy groups -OCH3 is 1. The molecule has 1 amide bonds. The Bertz CT molecular complexity index is 396. The van der Waals surface area contributed by atoms with E-state index in [1.54, 1.807) is 0 Å². The Labute approximate surface area is 84.0 Å². The lowest BCUT2D eigenvalue weighted by Gasteiger charge is -2.09. The van der Waals surface area contributed by atoms with Gasteiger partial charge in [0.1, 0.15) is 11.4 Å². The summed E-state index contributed by atoms with van der Waals surface area (Å²) in [5, 5.41) is 0. The fourth-order valence-corrected chi connectivity index (χ4v) is 1.03. The molecule has 0 aliphatic rings. The van der Waals surface area contributed by atoms with Gasteiger partial charge >= 0.3 is 0 Å². The highest BCUT2D eigenvalue weighted by atomic mass is 19.3. The van der Waals surface area contributed by atoms with Gasteiger partial charge in [0.25, 0.3) is 12.3 Å². The molecule has 7 heteroatoms. The number of carbonyl (C=O) groups is 1. The lowest BCUT2D eigenvalue weighted by molar-refractivity contribution is 0.0996. The third-order valence-corrected chi connectivity index (χ3v) is 1.74. The number of ether oxygens (including phenoxy) is 1. The van der Waals surface area contributed by atoms with E-state index in [4.69, 9.17) is 11.5 Å². The minimum Gasteiger partial charge on any atom is -0.480 e. The molecule has 1 aromatic rings. The van der Waals surface area contributed by atoms with Crippen LogP contribution in [0.5, 0.6) is 5.88 Å². The highest BCUT2D eigenvalue weighted by Crippen LogP contribution is 2.28. The van der Waals surface area contributed by atoms with Gasteiger partial charge in [0.15, 0.2) is 0 Å². The molecule has 1 rings (SSSR count). The summed E-state index contributed by atoms with van der Waals surface area (Å²) in [6.07, 6.45) is -2.82. The molecule has 0 unspecified atom stereocenters. The van der Waals surface area contributed by atoms with Gasteiger partial charge in [0.2, 0.25) is 5.88 Å². The van der Waals surface area contributed by atoms with Crippen molar-refractivity contribution in [2.45, 2.75) is 6.43 Å². The van der Waals surface area contributed by atoms with Crippen LogP contribution < -0.4 is 16.2 Å². The molecule has 0 aliphatic carbocycles. The third-order valence-electron chi connectivity index (χ3n) is 1.74.